The molecule has 0 bridgehead atoms. The summed E-state index contributed by atoms with van der Waals surface area (Å²) in [7, 11) is 0. The van der Waals surface area contributed by atoms with Gasteiger partial charge in [0.15, 0.2) is 0 Å². The van der Waals surface area contributed by atoms with Crippen LogP contribution in [0.1, 0.15) is 11.8 Å². The van der Waals surface area contributed by atoms with Gasteiger partial charge in [0.1, 0.15) is 18.8 Å². The van der Waals surface area contributed by atoms with Crippen LogP contribution in [0.15, 0.2) is 66.0 Å². The molecule has 0 fully saturated rings. The van der Waals surface area contributed by atoms with Crippen molar-refractivity contribution in [2.45, 2.75) is 13.3 Å². The zero-order valence-electron chi connectivity index (χ0n) is 18.8. The first kappa shape index (κ1) is 23.3. The Morgan fingerprint density at radius 1 is 1.03 bits per heavy atom. The van der Waals surface area contributed by atoms with E-state index >= 15 is 0 Å². The Balaban J connectivity index is 1.42. The molecule has 3 aromatic rings. The average molecular weight is 479 g/mol. The molecule has 9 heteroatoms. The van der Waals surface area contributed by atoms with Crippen LogP contribution in [0.4, 0.5) is 21.9 Å². The molecule has 0 unspecified atom stereocenters. The van der Waals surface area contributed by atoms with E-state index in [0.717, 1.165) is 6.42 Å². The number of thiophene rings is 1. The first-order chi connectivity index (χ1) is 16.5. The van der Waals surface area contributed by atoms with Crippen LogP contribution < -0.4 is 25.2 Å². The molecule has 1 aliphatic heterocycles. The van der Waals surface area contributed by atoms with E-state index in [-0.39, 0.29) is 24.9 Å². The summed E-state index contributed by atoms with van der Waals surface area (Å²) in [6.45, 7) is 2.69. The van der Waals surface area contributed by atoms with Gasteiger partial charge in [0.05, 0.1) is 18.0 Å². The summed E-state index contributed by atoms with van der Waals surface area (Å²) >= 11 is 1.64. The van der Waals surface area contributed by atoms with Gasteiger partial charge in [-0.05, 0) is 61.2 Å². The number of hydrogen-bond donors (Lipinski definition) is 2. The van der Waals surface area contributed by atoms with E-state index in [1.54, 1.807) is 59.9 Å². The molecule has 0 aliphatic carbocycles. The maximum absolute atomic E-state index is 13.0. The van der Waals surface area contributed by atoms with E-state index < -0.39 is 6.03 Å². The van der Waals surface area contributed by atoms with Crippen LogP contribution in [0.3, 0.4) is 0 Å². The number of benzene rings is 2. The van der Waals surface area contributed by atoms with Crippen molar-refractivity contribution in [3.8, 4) is 5.75 Å². The van der Waals surface area contributed by atoms with Crippen molar-refractivity contribution in [2.75, 3.05) is 41.4 Å². The molecule has 0 radical (unpaired) electrons. The Hall–Kier alpha value is -3.85. The van der Waals surface area contributed by atoms with Crippen molar-refractivity contribution in [2.24, 2.45) is 0 Å². The van der Waals surface area contributed by atoms with Crippen LogP contribution in [0.5, 0.6) is 5.75 Å². The number of anilines is 3. The molecule has 176 valence electrons. The van der Waals surface area contributed by atoms with Gasteiger partial charge in [0.25, 0.3) is 0 Å². The fourth-order valence-electron chi connectivity index (χ4n) is 3.69. The maximum atomic E-state index is 13.0. The molecule has 2 N–H and O–H groups in total. The van der Waals surface area contributed by atoms with Crippen LogP contribution in [0.2, 0.25) is 0 Å². The summed E-state index contributed by atoms with van der Waals surface area (Å²) in [4.78, 5) is 42.5. The first-order valence-electron chi connectivity index (χ1n) is 11.0. The average Bonchev–Trinajstić information content (AvgIpc) is 3.35. The molecule has 2 heterocycles. The molecular weight excluding hydrogens is 452 g/mol. The SMILES string of the molecule is CCOc1ccc(NC(=O)N2CC(=O)N(CC(=O)NCCc3cccs3)c3ccccc32)cc1. The maximum Gasteiger partial charge on any atom is 0.326 e. The molecule has 2 aromatic carbocycles. The molecule has 4 rings (SSSR count). The van der Waals surface area contributed by atoms with Crippen molar-refractivity contribution in [3.05, 3.63) is 70.9 Å². The number of fused-ring (bicyclic) bond motifs is 1. The normalized spacial score (nSPS) is 12.8. The number of nitrogens with one attached hydrogen (secondary N) is 2. The topological polar surface area (TPSA) is 91.0 Å². The predicted molar refractivity (Wildman–Crippen MR) is 134 cm³/mol. The van der Waals surface area contributed by atoms with E-state index in [0.29, 0.717) is 36.0 Å². The highest BCUT2D eigenvalue weighted by Crippen LogP contribution is 2.33. The number of carbonyl (C=O) groups is 3. The Labute approximate surface area is 202 Å². The first-order valence-corrected chi connectivity index (χ1v) is 11.9. The molecular formula is C25H26N4O4S. The number of rotatable bonds is 8. The summed E-state index contributed by atoms with van der Waals surface area (Å²) in [6.07, 6.45) is 0.743. The smallest absolute Gasteiger partial charge is 0.326 e. The van der Waals surface area contributed by atoms with E-state index in [4.69, 9.17) is 4.74 Å². The van der Waals surface area contributed by atoms with Gasteiger partial charge < -0.3 is 15.4 Å². The Bertz CT molecular complexity index is 1150. The fourth-order valence-corrected chi connectivity index (χ4v) is 4.40. The van der Waals surface area contributed by atoms with Crippen LogP contribution >= 0.6 is 11.3 Å². The lowest BCUT2D eigenvalue weighted by molar-refractivity contribution is -0.123. The quantitative estimate of drug-likeness (QED) is 0.514. The summed E-state index contributed by atoms with van der Waals surface area (Å²) in [6, 6.07) is 17.7. The second kappa shape index (κ2) is 10.8. The third kappa shape index (κ3) is 5.55. The monoisotopic (exact) mass is 478 g/mol. The lowest BCUT2D eigenvalue weighted by Gasteiger charge is -2.35. The van der Waals surface area contributed by atoms with Crippen molar-refractivity contribution in [1.82, 2.24) is 5.32 Å². The standard InChI is InChI=1S/C25H26N4O4S/c1-2-33-19-11-9-18(10-12-19)27-25(32)29-17-24(31)28(21-7-3-4-8-22(21)29)16-23(30)26-14-13-20-6-5-15-34-20/h3-12,15H,2,13-14,16-17H2,1H3,(H,26,30)(H,27,32). The molecule has 0 atom stereocenters. The van der Waals surface area contributed by atoms with E-state index in [1.807, 2.05) is 24.4 Å². The van der Waals surface area contributed by atoms with Crippen molar-refractivity contribution in [1.29, 1.82) is 0 Å². The van der Waals surface area contributed by atoms with Gasteiger partial charge in [-0.3, -0.25) is 19.4 Å². The minimum Gasteiger partial charge on any atom is -0.494 e. The third-order valence-corrected chi connectivity index (χ3v) is 6.23. The highest BCUT2D eigenvalue weighted by atomic mass is 32.1. The number of urea groups is 1. The van der Waals surface area contributed by atoms with Gasteiger partial charge >= 0.3 is 6.03 Å². The zero-order chi connectivity index (χ0) is 23.9. The van der Waals surface area contributed by atoms with Crippen LogP contribution in [-0.4, -0.2) is 44.1 Å². The number of nitrogens with zero attached hydrogens (tertiary/aromatic N) is 2. The highest BCUT2D eigenvalue weighted by molar-refractivity contribution is 7.09. The second-order valence-corrected chi connectivity index (χ2v) is 8.65. The Morgan fingerprint density at radius 3 is 2.50 bits per heavy atom. The van der Waals surface area contributed by atoms with Gasteiger partial charge in [0.2, 0.25) is 11.8 Å². The van der Waals surface area contributed by atoms with E-state index in [9.17, 15) is 14.4 Å². The zero-order valence-corrected chi connectivity index (χ0v) is 19.6. The Morgan fingerprint density at radius 2 is 1.79 bits per heavy atom. The summed E-state index contributed by atoms with van der Waals surface area (Å²) in [5.41, 5.74) is 1.68. The minimum atomic E-state index is -0.426. The lowest BCUT2D eigenvalue weighted by atomic mass is 10.1. The molecule has 4 amide bonds. The number of carbonyl (C=O) groups excluding carboxylic acids is 3. The third-order valence-electron chi connectivity index (χ3n) is 5.29. The molecule has 0 saturated carbocycles. The van der Waals surface area contributed by atoms with Crippen molar-refractivity contribution < 1.29 is 19.1 Å². The van der Waals surface area contributed by atoms with Crippen LogP contribution in [0, 0.1) is 0 Å². The van der Waals surface area contributed by atoms with Gasteiger partial charge in [-0.15, -0.1) is 11.3 Å². The summed E-state index contributed by atoms with van der Waals surface area (Å²) in [5.74, 6) is 0.143. The largest absolute Gasteiger partial charge is 0.494 e. The molecule has 34 heavy (non-hydrogen) atoms. The predicted octanol–water partition coefficient (Wildman–Crippen LogP) is 3.89. The summed E-state index contributed by atoms with van der Waals surface area (Å²) < 4.78 is 5.42. The number of amides is 4. The van der Waals surface area contributed by atoms with Gasteiger partial charge in [-0.1, -0.05) is 18.2 Å². The number of ether oxygens (including phenoxy) is 1. The van der Waals surface area contributed by atoms with Gasteiger partial charge in [-0.25, -0.2) is 4.79 Å². The Kier molecular flexibility index (Phi) is 7.44. The van der Waals surface area contributed by atoms with E-state index in [2.05, 4.69) is 10.6 Å². The molecule has 0 spiro atoms. The molecule has 1 aliphatic rings. The van der Waals surface area contributed by atoms with Gasteiger partial charge in [0, 0.05) is 17.1 Å². The van der Waals surface area contributed by atoms with Crippen molar-refractivity contribution in [3.63, 3.8) is 0 Å². The minimum absolute atomic E-state index is 0.103. The second-order valence-electron chi connectivity index (χ2n) is 7.62. The van der Waals surface area contributed by atoms with E-state index in [1.165, 1.54) is 14.7 Å². The highest BCUT2D eigenvalue weighted by Gasteiger charge is 2.33. The fraction of sp³-hybridized carbons (Fsp3) is 0.240. The summed E-state index contributed by atoms with van der Waals surface area (Å²) in [5, 5.41) is 7.69. The van der Waals surface area contributed by atoms with Crippen molar-refractivity contribution >= 4 is 46.2 Å². The van der Waals surface area contributed by atoms with Gasteiger partial charge in [-0.2, -0.15) is 0 Å². The molecule has 8 nitrogen and oxygen atoms in total. The van der Waals surface area contributed by atoms with Crippen LogP contribution in [0.25, 0.3) is 0 Å². The van der Waals surface area contributed by atoms with Crippen LogP contribution in [-0.2, 0) is 16.0 Å². The number of hydrogen-bond acceptors (Lipinski definition) is 5. The molecule has 1 aromatic heterocycles. The number of para-hydroxylation sites is 2. The lowest BCUT2D eigenvalue weighted by Crippen LogP contribution is -2.52. The molecule has 0 saturated heterocycles.